The Bertz CT molecular complexity index is 388. The van der Waals surface area contributed by atoms with E-state index >= 15 is 0 Å². The van der Waals surface area contributed by atoms with E-state index in [2.05, 4.69) is 0 Å². The molecule has 1 N–H and O–H groups in total. The molecule has 0 radical (unpaired) electrons. The number of hydrogen-bond donors (Lipinski definition) is 1. The van der Waals surface area contributed by atoms with E-state index in [9.17, 15) is 13.2 Å². The molecule has 0 aromatic heterocycles. The largest absolute Gasteiger partial charge is 0.416 e. The van der Waals surface area contributed by atoms with Crippen LogP contribution in [-0.2, 0) is 6.18 Å². The molecule has 0 aliphatic heterocycles. The average Bonchev–Trinajstić information content (AvgIpc) is 2.25. The van der Waals surface area contributed by atoms with Crippen molar-refractivity contribution < 1.29 is 18.3 Å². The molecular formula is C13H15F3O. The van der Waals surface area contributed by atoms with Gasteiger partial charge in [-0.05, 0) is 29.2 Å². The lowest BCUT2D eigenvalue weighted by Gasteiger charge is -2.09. The summed E-state index contributed by atoms with van der Waals surface area (Å²) in [4.78, 5) is 0. The summed E-state index contributed by atoms with van der Waals surface area (Å²) in [6.07, 6.45) is -2.59. The molecule has 0 aliphatic carbocycles. The third kappa shape index (κ3) is 3.89. The Kier molecular flexibility index (Phi) is 4.34. The third-order valence-corrected chi connectivity index (χ3v) is 2.51. The maximum absolute atomic E-state index is 12.3. The van der Waals surface area contributed by atoms with Gasteiger partial charge in [-0.25, -0.2) is 0 Å². The Balaban J connectivity index is 2.96. The van der Waals surface area contributed by atoms with Crippen LogP contribution >= 0.6 is 0 Å². The molecule has 0 saturated heterocycles. The van der Waals surface area contributed by atoms with Crippen LogP contribution in [0.1, 0.15) is 25.0 Å². The highest BCUT2D eigenvalue weighted by Gasteiger charge is 2.29. The lowest BCUT2D eigenvalue weighted by atomic mass is 10.0. The monoisotopic (exact) mass is 244 g/mol. The highest BCUT2D eigenvalue weighted by atomic mass is 19.4. The summed E-state index contributed by atoms with van der Waals surface area (Å²) in [6.45, 7) is 3.76. The standard InChI is InChI=1S/C13H15F3O/c1-9(2)11(8-17)7-10-3-5-12(6-4-10)13(14,15)16/h3-7,9,17H,8H2,1-2H3. The zero-order chi connectivity index (χ0) is 13.1. The van der Waals surface area contributed by atoms with Gasteiger partial charge in [0.25, 0.3) is 0 Å². The number of alkyl halides is 3. The summed E-state index contributed by atoms with van der Waals surface area (Å²) in [5.74, 6) is 0.169. The molecule has 0 bridgehead atoms. The molecule has 0 fully saturated rings. The summed E-state index contributed by atoms with van der Waals surface area (Å²) >= 11 is 0. The number of hydrogen-bond acceptors (Lipinski definition) is 1. The zero-order valence-corrected chi connectivity index (χ0v) is 9.75. The van der Waals surface area contributed by atoms with E-state index in [0.717, 1.165) is 17.7 Å². The second-order valence-electron chi connectivity index (χ2n) is 4.15. The fourth-order valence-electron chi connectivity index (χ4n) is 1.38. The smallest absolute Gasteiger partial charge is 0.392 e. The van der Waals surface area contributed by atoms with Crippen molar-refractivity contribution in [1.82, 2.24) is 0 Å². The van der Waals surface area contributed by atoms with E-state index in [1.165, 1.54) is 12.1 Å². The quantitative estimate of drug-likeness (QED) is 0.858. The molecule has 17 heavy (non-hydrogen) atoms. The van der Waals surface area contributed by atoms with Crippen LogP contribution in [0, 0.1) is 5.92 Å². The number of halogens is 3. The average molecular weight is 244 g/mol. The molecule has 1 rings (SSSR count). The van der Waals surface area contributed by atoms with Crippen LogP contribution in [0.2, 0.25) is 0 Å². The van der Waals surface area contributed by atoms with Crippen LogP contribution in [0.25, 0.3) is 6.08 Å². The Morgan fingerprint density at radius 2 is 1.76 bits per heavy atom. The molecule has 1 aromatic rings. The first-order valence-electron chi connectivity index (χ1n) is 5.33. The lowest BCUT2D eigenvalue weighted by Crippen LogP contribution is -2.04. The molecule has 1 aromatic carbocycles. The topological polar surface area (TPSA) is 20.2 Å². The minimum Gasteiger partial charge on any atom is -0.392 e. The summed E-state index contributed by atoms with van der Waals surface area (Å²) < 4.78 is 37.0. The Morgan fingerprint density at radius 1 is 1.24 bits per heavy atom. The van der Waals surface area contributed by atoms with Crippen molar-refractivity contribution in [3.63, 3.8) is 0 Å². The first-order chi connectivity index (χ1) is 7.84. The highest BCUT2D eigenvalue weighted by molar-refractivity contribution is 5.54. The van der Waals surface area contributed by atoms with E-state index in [0.29, 0.717) is 5.56 Å². The molecule has 0 spiro atoms. The Labute approximate surface area is 98.6 Å². The van der Waals surface area contributed by atoms with Crippen LogP contribution in [-0.4, -0.2) is 11.7 Å². The number of aliphatic hydroxyl groups excluding tert-OH is 1. The van der Waals surface area contributed by atoms with Gasteiger partial charge < -0.3 is 5.11 Å². The van der Waals surface area contributed by atoms with Gasteiger partial charge in [-0.3, -0.25) is 0 Å². The molecule has 0 heterocycles. The van der Waals surface area contributed by atoms with Crippen molar-refractivity contribution in [2.75, 3.05) is 6.61 Å². The molecule has 4 heteroatoms. The van der Waals surface area contributed by atoms with Crippen LogP contribution in [0.3, 0.4) is 0 Å². The number of rotatable bonds is 3. The van der Waals surface area contributed by atoms with Gasteiger partial charge in [0.05, 0.1) is 12.2 Å². The minimum absolute atomic E-state index is 0.0846. The first kappa shape index (κ1) is 13.8. The van der Waals surface area contributed by atoms with E-state index in [1.807, 2.05) is 13.8 Å². The van der Waals surface area contributed by atoms with Crippen LogP contribution < -0.4 is 0 Å². The molecular weight excluding hydrogens is 229 g/mol. The van der Waals surface area contributed by atoms with E-state index in [-0.39, 0.29) is 12.5 Å². The number of benzene rings is 1. The van der Waals surface area contributed by atoms with Crippen LogP contribution in [0.4, 0.5) is 13.2 Å². The van der Waals surface area contributed by atoms with Gasteiger partial charge in [-0.2, -0.15) is 13.2 Å². The summed E-state index contributed by atoms with van der Waals surface area (Å²) in [5.41, 5.74) is 0.797. The third-order valence-electron chi connectivity index (χ3n) is 2.51. The van der Waals surface area contributed by atoms with Crippen molar-refractivity contribution in [3.05, 3.63) is 41.0 Å². The van der Waals surface area contributed by atoms with Gasteiger partial charge in [-0.1, -0.05) is 32.1 Å². The van der Waals surface area contributed by atoms with Gasteiger partial charge in [0.1, 0.15) is 0 Å². The van der Waals surface area contributed by atoms with E-state index in [1.54, 1.807) is 6.08 Å². The fraction of sp³-hybridized carbons (Fsp3) is 0.385. The zero-order valence-electron chi connectivity index (χ0n) is 9.75. The van der Waals surface area contributed by atoms with Crippen molar-refractivity contribution in [2.45, 2.75) is 20.0 Å². The highest BCUT2D eigenvalue weighted by Crippen LogP contribution is 2.29. The fourth-order valence-corrected chi connectivity index (χ4v) is 1.38. The summed E-state index contributed by atoms with van der Waals surface area (Å²) in [5, 5.41) is 9.09. The Hall–Kier alpha value is -1.29. The molecule has 0 unspecified atom stereocenters. The molecule has 0 amide bonds. The van der Waals surface area contributed by atoms with Crippen molar-refractivity contribution in [1.29, 1.82) is 0 Å². The SMILES string of the molecule is CC(C)C(=Cc1ccc(C(F)(F)F)cc1)CO. The second-order valence-corrected chi connectivity index (χ2v) is 4.15. The minimum atomic E-state index is -4.31. The van der Waals surface area contributed by atoms with Crippen molar-refractivity contribution in [3.8, 4) is 0 Å². The molecule has 0 aliphatic rings. The molecule has 94 valence electrons. The first-order valence-corrected chi connectivity index (χ1v) is 5.33. The Morgan fingerprint density at radius 3 is 2.12 bits per heavy atom. The molecule has 0 atom stereocenters. The van der Waals surface area contributed by atoms with Gasteiger partial charge in [0, 0.05) is 0 Å². The lowest BCUT2D eigenvalue weighted by molar-refractivity contribution is -0.137. The van der Waals surface area contributed by atoms with Crippen molar-refractivity contribution in [2.24, 2.45) is 5.92 Å². The van der Waals surface area contributed by atoms with Gasteiger partial charge in [0.2, 0.25) is 0 Å². The number of aliphatic hydroxyl groups is 1. The predicted molar refractivity (Wildman–Crippen MR) is 61.3 cm³/mol. The van der Waals surface area contributed by atoms with Crippen LogP contribution in [0.15, 0.2) is 29.8 Å². The maximum Gasteiger partial charge on any atom is 0.416 e. The van der Waals surface area contributed by atoms with Crippen LogP contribution in [0.5, 0.6) is 0 Å². The van der Waals surface area contributed by atoms with E-state index in [4.69, 9.17) is 5.11 Å². The normalized spacial score (nSPS) is 13.2. The molecule has 0 saturated carbocycles. The van der Waals surface area contributed by atoms with E-state index < -0.39 is 11.7 Å². The summed E-state index contributed by atoms with van der Waals surface area (Å²) in [6, 6.07) is 4.89. The molecule has 1 nitrogen and oxygen atoms in total. The van der Waals surface area contributed by atoms with Crippen molar-refractivity contribution >= 4 is 6.08 Å². The predicted octanol–water partition coefficient (Wildman–Crippen LogP) is 3.74. The maximum atomic E-state index is 12.3. The van der Waals surface area contributed by atoms with Gasteiger partial charge in [-0.15, -0.1) is 0 Å². The second kappa shape index (κ2) is 5.36. The van der Waals surface area contributed by atoms with Gasteiger partial charge in [0.15, 0.2) is 0 Å². The van der Waals surface area contributed by atoms with Gasteiger partial charge >= 0.3 is 6.18 Å². The summed E-state index contributed by atoms with van der Waals surface area (Å²) in [7, 11) is 0.